The fourth-order valence-electron chi connectivity index (χ4n) is 1.43. The van der Waals surface area contributed by atoms with Gasteiger partial charge in [0.1, 0.15) is 0 Å². The first-order chi connectivity index (χ1) is 8.26. The molecular weight excluding hydrogens is 212 g/mol. The van der Waals surface area contributed by atoms with Gasteiger partial charge in [0.15, 0.2) is 6.10 Å². The zero-order valence-electron chi connectivity index (χ0n) is 10.5. The van der Waals surface area contributed by atoms with Crippen LogP contribution < -0.4 is 0 Å². The molecule has 0 radical (unpaired) electrons. The molecule has 1 rings (SSSR count). The maximum Gasteiger partial charge on any atom is 0.153 e. The second-order valence-electron chi connectivity index (χ2n) is 4.22. The van der Waals surface area contributed by atoms with Crippen molar-refractivity contribution in [2.45, 2.75) is 39.2 Å². The normalized spacial score (nSPS) is 13.6. The SMILES string of the molecule is CCC(C)C#CC(CCc1ccccc1)OO. The minimum absolute atomic E-state index is 0.351. The second-order valence-corrected chi connectivity index (χ2v) is 4.22. The molecule has 0 aliphatic rings. The molecule has 0 fully saturated rings. The zero-order valence-corrected chi connectivity index (χ0v) is 10.5. The van der Waals surface area contributed by atoms with Crippen molar-refractivity contribution in [3.8, 4) is 11.8 Å². The zero-order chi connectivity index (χ0) is 12.5. The lowest BCUT2D eigenvalue weighted by Gasteiger charge is -2.07. The van der Waals surface area contributed by atoms with Crippen molar-refractivity contribution >= 4 is 0 Å². The smallest absolute Gasteiger partial charge is 0.153 e. The van der Waals surface area contributed by atoms with Gasteiger partial charge < -0.3 is 0 Å². The molecular formula is C15H20O2. The Hall–Kier alpha value is -1.30. The van der Waals surface area contributed by atoms with Crippen LogP contribution in [0.25, 0.3) is 0 Å². The third-order valence-electron chi connectivity index (χ3n) is 2.77. The summed E-state index contributed by atoms with van der Waals surface area (Å²) in [5.74, 6) is 6.40. The van der Waals surface area contributed by atoms with Crippen molar-refractivity contribution in [1.82, 2.24) is 0 Å². The van der Waals surface area contributed by atoms with Crippen molar-refractivity contribution < 1.29 is 10.1 Å². The largest absolute Gasteiger partial charge is 0.251 e. The fraction of sp³-hybridized carbons (Fsp3) is 0.467. The highest BCUT2D eigenvalue weighted by atomic mass is 17.1. The Morgan fingerprint density at radius 1 is 1.24 bits per heavy atom. The third kappa shape index (κ3) is 5.53. The van der Waals surface area contributed by atoms with Gasteiger partial charge in [0.25, 0.3) is 0 Å². The van der Waals surface area contributed by atoms with Crippen LogP contribution in [0.15, 0.2) is 30.3 Å². The summed E-state index contributed by atoms with van der Waals surface area (Å²) in [7, 11) is 0. The van der Waals surface area contributed by atoms with Crippen molar-refractivity contribution in [1.29, 1.82) is 0 Å². The van der Waals surface area contributed by atoms with E-state index in [1.165, 1.54) is 5.56 Å². The summed E-state index contributed by atoms with van der Waals surface area (Å²) >= 11 is 0. The molecule has 1 aromatic rings. The van der Waals surface area contributed by atoms with Gasteiger partial charge in [-0.15, -0.1) is 0 Å². The van der Waals surface area contributed by atoms with Crippen LogP contribution >= 0.6 is 0 Å². The van der Waals surface area contributed by atoms with E-state index in [0.717, 1.165) is 12.8 Å². The number of hydrogen-bond donors (Lipinski definition) is 1. The molecule has 0 aromatic heterocycles. The fourth-order valence-corrected chi connectivity index (χ4v) is 1.43. The van der Waals surface area contributed by atoms with E-state index in [1.54, 1.807) is 0 Å². The Kier molecular flexibility index (Phi) is 6.39. The summed E-state index contributed by atoms with van der Waals surface area (Å²) in [4.78, 5) is 4.39. The molecule has 0 bridgehead atoms. The highest BCUT2D eigenvalue weighted by Crippen LogP contribution is 2.07. The van der Waals surface area contributed by atoms with Crippen LogP contribution in [0.4, 0.5) is 0 Å². The summed E-state index contributed by atoms with van der Waals surface area (Å²) in [5.41, 5.74) is 1.24. The Morgan fingerprint density at radius 2 is 1.94 bits per heavy atom. The van der Waals surface area contributed by atoms with Crippen LogP contribution in [-0.4, -0.2) is 11.4 Å². The maximum atomic E-state index is 8.79. The molecule has 17 heavy (non-hydrogen) atoms. The van der Waals surface area contributed by atoms with Gasteiger partial charge in [0.2, 0.25) is 0 Å². The van der Waals surface area contributed by atoms with Crippen molar-refractivity contribution in [2.24, 2.45) is 5.92 Å². The van der Waals surface area contributed by atoms with Crippen LogP contribution in [0.3, 0.4) is 0 Å². The van der Waals surface area contributed by atoms with E-state index in [0.29, 0.717) is 12.3 Å². The molecule has 0 saturated carbocycles. The Morgan fingerprint density at radius 3 is 2.53 bits per heavy atom. The lowest BCUT2D eigenvalue weighted by Crippen LogP contribution is -2.09. The Bertz CT molecular complexity index is 362. The van der Waals surface area contributed by atoms with Crippen LogP contribution in [-0.2, 0) is 11.3 Å². The highest BCUT2D eigenvalue weighted by Gasteiger charge is 2.05. The van der Waals surface area contributed by atoms with Gasteiger partial charge in [-0.3, -0.25) is 5.26 Å². The molecule has 2 nitrogen and oxygen atoms in total. The summed E-state index contributed by atoms with van der Waals surface area (Å²) in [6.07, 6.45) is 2.21. The third-order valence-corrected chi connectivity index (χ3v) is 2.77. The van der Waals surface area contributed by atoms with Crippen LogP contribution in [0.2, 0.25) is 0 Å². The monoisotopic (exact) mass is 232 g/mol. The van der Waals surface area contributed by atoms with Gasteiger partial charge in [-0.2, -0.15) is 0 Å². The van der Waals surface area contributed by atoms with Gasteiger partial charge in [-0.25, -0.2) is 4.89 Å². The number of aryl methyl sites for hydroxylation is 1. The first-order valence-corrected chi connectivity index (χ1v) is 6.11. The first-order valence-electron chi connectivity index (χ1n) is 6.11. The number of rotatable bonds is 5. The van der Waals surface area contributed by atoms with E-state index >= 15 is 0 Å². The predicted molar refractivity (Wildman–Crippen MR) is 69.5 cm³/mol. The van der Waals surface area contributed by atoms with E-state index in [2.05, 4.69) is 42.7 Å². The van der Waals surface area contributed by atoms with Crippen molar-refractivity contribution in [3.63, 3.8) is 0 Å². The molecule has 0 saturated heterocycles. The topological polar surface area (TPSA) is 29.5 Å². The quantitative estimate of drug-likeness (QED) is 0.478. The van der Waals surface area contributed by atoms with Crippen molar-refractivity contribution in [3.05, 3.63) is 35.9 Å². The number of benzene rings is 1. The van der Waals surface area contributed by atoms with E-state index in [1.807, 2.05) is 18.2 Å². The van der Waals surface area contributed by atoms with Gasteiger partial charge in [-0.05, 0) is 24.8 Å². The average molecular weight is 232 g/mol. The molecule has 0 amide bonds. The molecule has 0 heterocycles. The predicted octanol–water partition coefficient (Wildman–Crippen LogP) is 3.53. The summed E-state index contributed by atoms with van der Waals surface area (Å²) in [6.45, 7) is 4.16. The molecule has 0 aliphatic carbocycles. The molecule has 2 atom stereocenters. The molecule has 1 N–H and O–H groups in total. The average Bonchev–Trinajstić information content (AvgIpc) is 2.39. The molecule has 92 valence electrons. The molecule has 2 heteroatoms. The van der Waals surface area contributed by atoms with E-state index in [-0.39, 0.29) is 6.10 Å². The van der Waals surface area contributed by atoms with Gasteiger partial charge in [0.05, 0.1) is 0 Å². The summed E-state index contributed by atoms with van der Waals surface area (Å²) in [5, 5.41) is 8.79. The summed E-state index contributed by atoms with van der Waals surface area (Å²) < 4.78 is 0. The van der Waals surface area contributed by atoms with Crippen LogP contribution in [0.1, 0.15) is 32.3 Å². The first kappa shape index (κ1) is 13.8. The van der Waals surface area contributed by atoms with E-state index < -0.39 is 0 Å². The Balaban J connectivity index is 2.44. The molecule has 0 spiro atoms. The molecule has 2 unspecified atom stereocenters. The van der Waals surface area contributed by atoms with Crippen LogP contribution in [0, 0.1) is 17.8 Å². The second kappa shape index (κ2) is 7.89. The number of hydrogen-bond acceptors (Lipinski definition) is 2. The van der Waals surface area contributed by atoms with Gasteiger partial charge in [0, 0.05) is 5.92 Å². The van der Waals surface area contributed by atoms with Gasteiger partial charge in [-0.1, -0.05) is 56.0 Å². The highest BCUT2D eigenvalue weighted by molar-refractivity contribution is 5.16. The van der Waals surface area contributed by atoms with E-state index in [4.69, 9.17) is 5.26 Å². The van der Waals surface area contributed by atoms with Crippen LogP contribution in [0.5, 0.6) is 0 Å². The van der Waals surface area contributed by atoms with E-state index in [9.17, 15) is 0 Å². The summed E-state index contributed by atoms with van der Waals surface area (Å²) in [6, 6.07) is 10.1. The maximum absolute atomic E-state index is 8.79. The molecule has 1 aromatic carbocycles. The lowest BCUT2D eigenvalue weighted by molar-refractivity contribution is -0.264. The Labute approximate surface area is 104 Å². The van der Waals surface area contributed by atoms with Crippen molar-refractivity contribution in [2.75, 3.05) is 0 Å². The van der Waals surface area contributed by atoms with Gasteiger partial charge >= 0.3 is 0 Å². The molecule has 0 aliphatic heterocycles. The lowest BCUT2D eigenvalue weighted by atomic mass is 10.1. The minimum Gasteiger partial charge on any atom is -0.251 e. The minimum atomic E-state index is -0.385. The standard InChI is InChI=1S/C15H20O2/c1-3-13(2)9-11-15(17-16)12-10-14-7-5-4-6-8-14/h4-8,13,15-16H,3,10,12H2,1-2H3.